The van der Waals surface area contributed by atoms with Gasteiger partial charge >= 0.3 is 11.9 Å². The predicted molar refractivity (Wildman–Crippen MR) is 181 cm³/mol. The third-order valence-corrected chi connectivity index (χ3v) is 13.6. The summed E-state index contributed by atoms with van der Waals surface area (Å²) in [5, 5.41) is 10.3. The van der Waals surface area contributed by atoms with E-state index < -0.39 is 11.4 Å². The Labute approximate surface area is 267 Å². The molecule has 0 heterocycles. The van der Waals surface area contributed by atoms with Crippen molar-refractivity contribution in [3.8, 4) is 0 Å². The van der Waals surface area contributed by atoms with E-state index in [2.05, 4.69) is 48.5 Å². The maximum absolute atomic E-state index is 12.6. The van der Waals surface area contributed by atoms with Crippen LogP contribution < -0.4 is 0 Å². The molecule has 5 fully saturated rings. The lowest BCUT2D eigenvalue weighted by Crippen LogP contribution is -2.65. The van der Waals surface area contributed by atoms with E-state index in [0.717, 1.165) is 57.8 Å². The minimum absolute atomic E-state index is 0.0123. The number of carbonyl (C=O) groups is 2. The first-order valence-electron chi connectivity index (χ1n) is 18.9. The number of carbonyl (C=O) groups excluding carboxylic acids is 1. The van der Waals surface area contributed by atoms with E-state index in [1.165, 1.54) is 38.5 Å². The Kier molecular flexibility index (Phi) is 14.2. The minimum Gasteiger partial charge on any atom is -0.481 e. The molecule has 43 heavy (non-hydrogen) atoms. The molecule has 0 spiro atoms. The molecule has 0 bridgehead atoms. The molecule has 9 unspecified atom stereocenters. The SMILES string of the molecule is CC.CC.CCC.CCCCCC(=O)OC1CCC2(C)C(CCC3(C)C2CCC2C4CCCC4(C(=O)O)CC[C@]23C)C1C. The van der Waals surface area contributed by atoms with Gasteiger partial charge in [-0.25, -0.2) is 0 Å². The van der Waals surface area contributed by atoms with Gasteiger partial charge in [0.2, 0.25) is 0 Å². The molecule has 0 radical (unpaired) electrons. The van der Waals surface area contributed by atoms with Crippen LogP contribution in [0.3, 0.4) is 0 Å². The molecule has 10 atom stereocenters. The summed E-state index contributed by atoms with van der Waals surface area (Å²) in [5.41, 5.74) is 0.367. The second kappa shape index (κ2) is 16.0. The molecule has 4 heteroatoms. The Morgan fingerprint density at radius 1 is 0.744 bits per heavy atom. The molecule has 5 aliphatic rings. The number of fused-ring (bicyclic) bond motifs is 7. The largest absolute Gasteiger partial charge is 0.481 e. The molecule has 0 saturated heterocycles. The summed E-state index contributed by atoms with van der Waals surface area (Å²) in [6.07, 6.45) is 17.3. The van der Waals surface area contributed by atoms with E-state index in [1.807, 2.05) is 27.7 Å². The summed E-state index contributed by atoms with van der Waals surface area (Å²) in [6.45, 7) is 24.6. The standard InChI is InChI=1S/C32H52O4.C3H8.2C2H6/c1-6-7-8-11-27(33)36-25-15-17-29(3)22(21(25)2)14-18-31(5)26(29)13-12-23-24-10-9-16-32(24,28(34)35)20-19-30(23,31)4;1-3-2;2*1-2/h21-26H,6-20H2,1-5H3,(H,34,35);3H2,1-2H3;2*1-2H3/t21?,22?,23?,24?,25?,26?,29?,30-,31?,32?;;;/m1.../s1. The number of esters is 1. The first-order chi connectivity index (χ1) is 20.4. The highest BCUT2D eigenvalue weighted by Crippen LogP contribution is 2.76. The summed E-state index contributed by atoms with van der Waals surface area (Å²) >= 11 is 0. The number of unbranched alkanes of at least 4 members (excludes halogenated alkanes) is 2. The third-order valence-electron chi connectivity index (χ3n) is 13.6. The van der Waals surface area contributed by atoms with Gasteiger partial charge in [0.1, 0.15) is 6.10 Å². The van der Waals surface area contributed by atoms with E-state index in [4.69, 9.17) is 4.74 Å². The Hall–Kier alpha value is -1.06. The molecule has 1 N–H and O–H groups in total. The van der Waals surface area contributed by atoms with E-state index in [-0.39, 0.29) is 22.9 Å². The maximum Gasteiger partial charge on any atom is 0.309 e. The zero-order valence-electron chi connectivity index (χ0n) is 30.4. The number of hydrogen-bond donors (Lipinski definition) is 1. The summed E-state index contributed by atoms with van der Waals surface area (Å²) in [5.74, 6) is 2.17. The molecule has 5 aliphatic carbocycles. The number of carboxylic acid groups (broad SMARTS) is 1. The molecule has 4 nitrogen and oxygen atoms in total. The highest BCUT2D eigenvalue weighted by Gasteiger charge is 2.70. The van der Waals surface area contributed by atoms with Crippen molar-refractivity contribution in [3.63, 3.8) is 0 Å². The van der Waals surface area contributed by atoms with Crippen LogP contribution in [0, 0.1) is 51.2 Å². The molecular weight excluding hydrogens is 532 g/mol. The number of hydrogen-bond acceptors (Lipinski definition) is 3. The lowest BCUT2D eigenvalue weighted by molar-refractivity contribution is -0.236. The number of ether oxygens (including phenoxy) is 1. The molecule has 0 aromatic carbocycles. The van der Waals surface area contributed by atoms with Gasteiger partial charge in [0.15, 0.2) is 0 Å². The molecular formula is C39H72O4. The number of aliphatic carboxylic acids is 1. The average molecular weight is 605 g/mol. The minimum atomic E-state index is -0.508. The van der Waals surface area contributed by atoms with E-state index >= 15 is 0 Å². The summed E-state index contributed by atoms with van der Waals surface area (Å²) in [4.78, 5) is 25.1. The topological polar surface area (TPSA) is 63.6 Å². The van der Waals surface area contributed by atoms with E-state index in [0.29, 0.717) is 41.4 Å². The van der Waals surface area contributed by atoms with Crippen LogP contribution in [0.1, 0.15) is 179 Å². The van der Waals surface area contributed by atoms with Gasteiger partial charge < -0.3 is 9.84 Å². The van der Waals surface area contributed by atoms with Gasteiger partial charge in [-0.1, -0.05) is 102 Å². The fraction of sp³-hybridized carbons (Fsp3) is 0.949. The highest BCUT2D eigenvalue weighted by molar-refractivity contribution is 5.76. The lowest BCUT2D eigenvalue weighted by Gasteiger charge is -2.71. The van der Waals surface area contributed by atoms with Crippen LogP contribution in [0.2, 0.25) is 0 Å². The van der Waals surface area contributed by atoms with Crippen LogP contribution >= 0.6 is 0 Å². The monoisotopic (exact) mass is 605 g/mol. The van der Waals surface area contributed by atoms with Crippen LogP contribution in [0.4, 0.5) is 0 Å². The fourth-order valence-electron chi connectivity index (χ4n) is 11.4. The van der Waals surface area contributed by atoms with Crippen molar-refractivity contribution in [3.05, 3.63) is 0 Å². The summed E-state index contributed by atoms with van der Waals surface area (Å²) in [6, 6.07) is 0. The van der Waals surface area contributed by atoms with Crippen molar-refractivity contribution >= 4 is 11.9 Å². The summed E-state index contributed by atoms with van der Waals surface area (Å²) in [7, 11) is 0. The smallest absolute Gasteiger partial charge is 0.309 e. The van der Waals surface area contributed by atoms with Crippen molar-refractivity contribution in [1.29, 1.82) is 0 Å². The van der Waals surface area contributed by atoms with Crippen molar-refractivity contribution in [2.75, 3.05) is 0 Å². The van der Waals surface area contributed by atoms with Gasteiger partial charge in [0.25, 0.3) is 0 Å². The molecule has 5 saturated carbocycles. The lowest BCUT2D eigenvalue weighted by atomic mass is 9.33. The molecule has 0 amide bonds. The van der Waals surface area contributed by atoms with Crippen molar-refractivity contribution < 1.29 is 19.4 Å². The second-order valence-electron chi connectivity index (χ2n) is 15.3. The Morgan fingerprint density at radius 2 is 1.40 bits per heavy atom. The normalized spacial score (nSPS) is 42.4. The van der Waals surface area contributed by atoms with Crippen molar-refractivity contribution in [2.24, 2.45) is 51.2 Å². The molecule has 0 aromatic heterocycles. The van der Waals surface area contributed by atoms with Crippen LogP contribution in [-0.4, -0.2) is 23.1 Å². The Bertz CT molecular complexity index is 884. The third kappa shape index (κ3) is 6.74. The van der Waals surface area contributed by atoms with Gasteiger partial charge in [-0.05, 0) is 116 Å². The first kappa shape index (κ1) is 38.1. The van der Waals surface area contributed by atoms with Crippen LogP contribution in [0.5, 0.6) is 0 Å². The van der Waals surface area contributed by atoms with Gasteiger partial charge in [-0.3, -0.25) is 9.59 Å². The zero-order chi connectivity index (χ0) is 32.6. The quantitative estimate of drug-likeness (QED) is 0.242. The Morgan fingerprint density at radius 3 is 2.00 bits per heavy atom. The Balaban J connectivity index is 0.000000853. The fourth-order valence-corrected chi connectivity index (χ4v) is 11.4. The average Bonchev–Trinajstić information content (AvgIpc) is 3.44. The predicted octanol–water partition coefficient (Wildman–Crippen LogP) is 11.5. The molecule has 5 rings (SSSR count). The van der Waals surface area contributed by atoms with Crippen molar-refractivity contribution in [1.82, 2.24) is 0 Å². The van der Waals surface area contributed by atoms with Gasteiger partial charge in [0, 0.05) is 6.42 Å². The van der Waals surface area contributed by atoms with Crippen molar-refractivity contribution in [2.45, 2.75) is 185 Å². The number of carboxylic acids is 1. The van der Waals surface area contributed by atoms with Crippen LogP contribution in [0.15, 0.2) is 0 Å². The summed E-state index contributed by atoms with van der Waals surface area (Å²) < 4.78 is 6.10. The zero-order valence-corrected chi connectivity index (χ0v) is 30.4. The van der Waals surface area contributed by atoms with Crippen LogP contribution in [-0.2, 0) is 14.3 Å². The van der Waals surface area contributed by atoms with Gasteiger partial charge in [0.05, 0.1) is 5.41 Å². The molecule has 0 aromatic rings. The van der Waals surface area contributed by atoms with Crippen LogP contribution in [0.25, 0.3) is 0 Å². The van der Waals surface area contributed by atoms with E-state index in [1.54, 1.807) is 0 Å². The molecule has 0 aliphatic heterocycles. The first-order valence-corrected chi connectivity index (χ1v) is 18.9. The second-order valence-corrected chi connectivity index (χ2v) is 15.3. The highest BCUT2D eigenvalue weighted by atomic mass is 16.5. The van der Waals surface area contributed by atoms with E-state index in [9.17, 15) is 14.7 Å². The number of rotatable bonds is 6. The van der Waals surface area contributed by atoms with Gasteiger partial charge in [-0.15, -0.1) is 0 Å². The molecule has 252 valence electrons. The maximum atomic E-state index is 12.6. The van der Waals surface area contributed by atoms with Gasteiger partial charge in [-0.2, -0.15) is 0 Å².